The van der Waals surface area contributed by atoms with E-state index in [0.29, 0.717) is 5.95 Å². The molecule has 0 aliphatic heterocycles. The van der Waals surface area contributed by atoms with Gasteiger partial charge in [0.05, 0.1) is 10.2 Å². The summed E-state index contributed by atoms with van der Waals surface area (Å²) in [6.45, 7) is 10.3. The van der Waals surface area contributed by atoms with Crippen LogP contribution >= 0.6 is 15.9 Å². The Morgan fingerprint density at radius 2 is 1.27 bits per heavy atom. The fourth-order valence-electron chi connectivity index (χ4n) is 2.85. The van der Waals surface area contributed by atoms with Gasteiger partial charge in [-0.15, -0.1) is 0 Å². The van der Waals surface area contributed by atoms with Crippen molar-refractivity contribution in [3.8, 4) is 0 Å². The van der Waals surface area contributed by atoms with Gasteiger partial charge in [0.1, 0.15) is 0 Å². The summed E-state index contributed by atoms with van der Waals surface area (Å²) in [6, 6.07) is 12.6. The van der Waals surface area contributed by atoms with Crippen molar-refractivity contribution in [1.82, 2.24) is 9.97 Å². The molecule has 3 aromatic rings. The number of nitrogens with zero attached hydrogens (tertiary/aromatic N) is 2. The molecule has 26 heavy (non-hydrogen) atoms. The number of hydrogen-bond acceptors (Lipinski definition) is 4. The number of nitrogens with one attached hydrogen (secondary N) is 2. The topological polar surface area (TPSA) is 49.8 Å². The third kappa shape index (κ3) is 4.05. The van der Waals surface area contributed by atoms with Crippen molar-refractivity contribution in [2.75, 3.05) is 10.6 Å². The zero-order valence-corrected chi connectivity index (χ0v) is 17.3. The van der Waals surface area contributed by atoms with Crippen molar-refractivity contribution >= 4 is 39.1 Å². The molecule has 2 N–H and O–H groups in total. The summed E-state index contributed by atoms with van der Waals surface area (Å²) in [7, 11) is 0. The minimum Gasteiger partial charge on any atom is -0.339 e. The van der Waals surface area contributed by atoms with Crippen LogP contribution in [0, 0.1) is 34.6 Å². The van der Waals surface area contributed by atoms with Gasteiger partial charge < -0.3 is 10.6 Å². The highest BCUT2D eigenvalue weighted by Crippen LogP contribution is 2.30. The maximum absolute atomic E-state index is 4.67. The molecule has 5 heteroatoms. The van der Waals surface area contributed by atoms with Gasteiger partial charge in [0.15, 0.2) is 5.82 Å². The van der Waals surface area contributed by atoms with Crippen LogP contribution in [0.2, 0.25) is 0 Å². The van der Waals surface area contributed by atoms with Crippen LogP contribution in [0.3, 0.4) is 0 Å². The zero-order valence-electron chi connectivity index (χ0n) is 15.7. The van der Waals surface area contributed by atoms with E-state index in [1.54, 1.807) is 0 Å². The average molecular weight is 411 g/mol. The summed E-state index contributed by atoms with van der Waals surface area (Å²) < 4.78 is 0.864. The van der Waals surface area contributed by atoms with Crippen LogP contribution in [-0.2, 0) is 0 Å². The van der Waals surface area contributed by atoms with Crippen LogP contribution in [0.4, 0.5) is 23.1 Å². The first-order valence-electron chi connectivity index (χ1n) is 8.56. The lowest BCUT2D eigenvalue weighted by atomic mass is 10.1. The van der Waals surface area contributed by atoms with E-state index >= 15 is 0 Å². The second kappa shape index (κ2) is 7.46. The van der Waals surface area contributed by atoms with Crippen LogP contribution in [0.15, 0.2) is 40.9 Å². The largest absolute Gasteiger partial charge is 0.339 e. The van der Waals surface area contributed by atoms with Crippen molar-refractivity contribution in [2.45, 2.75) is 34.6 Å². The Labute approximate surface area is 163 Å². The fraction of sp³-hybridized carbons (Fsp3) is 0.238. The molecular weight excluding hydrogens is 388 g/mol. The third-order valence-electron chi connectivity index (χ3n) is 4.28. The van der Waals surface area contributed by atoms with Gasteiger partial charge >= 0.3 is 0 Å². The van der Waals surface area contributed by atoms with Crippen molar-refractivity contribution in [2.24, 2.45) is 0 Å². The van der Waals surface area contributed by atoms with Crippen molar-refractivity contribution in [3.05, 3.63) is 68.8 Å². The molecule has 0 radical (unpaired) electrons. The summed E-state index contributed by atoms with van der Waals surface area (Å²) in [6.07, 6.45) is 0. The van der Waals surface area contributed by atoms with Gasteiger partial charge in [0, 0.05) is 11.4 Å². The summed E-state index contributed by atoms with van der Waals surface area (Å²) in [5.41, 5.74) is 7.73. The normalized spacial score (nSPS) is 10.7. The van der Waals surface area contributed by atoms with E-state index in [1.165, 1.54) is 16.7 Å². The molecule has 0 atom stereocenters. The van der Waals surface area contributed by atoms with Crippen LogP contribution in [-0.4, -0.2) is 9.97 Å². The van der Waals surface area contributed by atoms with E-state index < -0.39 is 0 Å². The molecule has 0 saturated heterocycles. The summed E-state index contributed by atoms with van der Waals surface area (Å²) in [4.78, 5) is 9.23. The Morgan fingerprint density at radius 1 is 0.731 bits per heavy atom. The van der Waals surface area contributed by atoms with E-state index in [9.17, 15) is 0 Å². The van der Waals surface area contributed by atoms with Crippen LogP contribution in [0.5, 0.6) is 0 Å². The number of halogens is 1. The first-order chi connectivity index (χ1) is 12.3. The summed E-state index contributed by atoms with van der Waals surface area (Å²) in [5, 5.41) is 6.75. The minimum atomic E-state index is 0.574. The number of aromatic nitrogens is 2. The second-order valence-electron chi connectivity index (χ2n) is 6.68. The fourth-order valence-corrected chi connectivity index (χ4v) is 3.13. The van der Waals surface area contributed by atoms with Gasteiger partial charge in [-0.3, -0.25) is 0 Å². The van der Waals surface area contributed by atoms with Crippen molar-refractivity contribution < 1.29 is 0 Å². The third-order valence-corrected chi connectivity index (χ3v) is 5.23. The molecule has 0 fully saturated rings. The molecule has 1 aromatic heterocycles. The Kier molecular flexibility index (Phi) is 5.28. The first-order valence-corrected chi connectivity index (χ1v) is 9.35. The smallest absolute Gasteiger partial charge is 0.229 e. The summed E-state index contributed by atoms with van der Waals surface area (Å²) >= 11 is 3.61. The van der Waals surface area contributed by atoms with Gasteiger partial charge in [-0.25, -0.2) is 4.98 Å². The van der Waals surface area contributed by atoms with E-state index in [4.69, 9.17) is 0 Å². The zero-order chi connectivity index (χ0) is 18.8. The van der Waals surface area contributed by atoms with E-state index in [0.717, 1.165) is 32.9 Å². The molecule has 4 nitrogen and oxygen atoms in total. The molecule has 0 unspecified atom stereocenters. The standard InChI is InChI=1S/C21H23BrN4/c1-12-6-8-17(14(3)10-12)24-20-19(22)16(5)23-21(26-20)25-18-9-7-13(2)11-15(18)4/h6-11H,1-5H3,(H2,23,24,25,26). The van der Waals surface area contributed by atoms with Crippen LogP contribution in [0.1, 0.15) is 27.9 Å². The van der Waals surface area contributed by atoms with Crippen molar-refractivity contribution in [1.29, 1.82) is 0 Å². The molecule has 0 aliphatic rings. The highest BCUT2D eigenvalue weighted by molar-refractivity contribution is 9.10. The summed E-state index contributed by atoms with van der Waals surface area (Å²) in [5.74, 6) is 1.32. The Hall–Kier alpha value is -2.40. The van der Waals surface area contributed by atoms with Crippen LogP contribution < -0.4 is 10.6 Å². The number of hydrogen-bond donors (Lipinski definition) is 2. The predicted molar refractivity (Wildman–Crippen MR) is 113 cm³/mol. The number of benzene rings is 2. The molecule has 3 rings (SSSR count). The second-order valence-corrected chi connectivity index (χ2v) is 7.47. The highest BCUT2D eigenvalue weighted by atomic mass is 79.9. The van der Waals surface area contributed by atoms with Gasteiger partial charge in [-0.2, -0.15) is 4.98 Å². The molecule has 0 bridgehead atoms. The van der Waals surface area contributed by atoms with E-state index in [2.05, 4.69) is 101 Å². The number of aryl methyl sites for hydroxylation is 5. The Morgan fingerprint density at radius 3 is 1.81 bits per heavy atom. The average Bonchev–Trinajstić information content (AvgIpc) is 2.57. The number of anilines is 4. The lowest BCUT2D eigenvalue weighted by Crippen LogP contribution is -2.05. The van der Waals surface area contributed by atoms with E-state index in [1.807, 2.05) is 6.92 Å². The van der Waals surface area contributed by atoms with Gasteiger partial charge in [0.25, 0.3) is 0 Å². The highest BCUT2D eigenvalue weighted by Gasteiger charge is 2.12. The maximum atomic E-state index is 4.67. The Bertz CT molecular complexity index is 966. The minimum absolute atomic E-state index is 0.574. The van der Waals surface area contributed by atoms with Crippen molar-refractivity contribution in [3.63, 3.8) is 0 Å². The molecular formula is C21H23BrN4. The molecule has 0 amide bonds. The maximum Gasteiger partial charge on any atom is 0.229 e. The van der Waals surface area contributed by atoms with E-state index in [-0.39, 0.29) is 0 Å². The quantitative estimate of drug-likeness (QED) is 0.531. The van der Waals surface area contributed by atoms with Gasteiger partial charge in [-0.05, 0) is 73.8 Å². The Balaban J connectivity index is 1.94. The molecule has 0 spiro atoms. The van der Waals surface area contributed by atoms with Crippen LogP contribution in [0.25, 0.3) is 0 Å². The lowest BCUT2D eigenvalue weighted by molar-refractivity contribution is 1.09. The first kappa shape index (κ1) is 18.4. The monoisotopic (exact) mass is 410 g/mol. The SMILES string of the molecule is Cc1ccc(Nc2nc(C)c(Br)c(Nc3ccc(C)cc3C)n2)c(C)c1. The molecule has 1 heterocycles. The molecule has 0 saturated carbocycles. The molecule has 0 aliphatic carbocycles. The number of rotatable bonds is 4. The molecule has 2 aromatic carbocycles. The predicted octanol–water partition coefficient (Wildman–Crippen LogP) is 6.27. The molecule has 134 valence electrons. The van der Waals surface area contributed by atoms with Gasteiger partial charge in [-0.1, -0.05) is 35.4 Å². The lowest BCUT2D eigenvalue weighted by Gasteiger charge is -2.15. The van der Waals surface area contributed by atoms with Gasteiger partial charge in [0.2, 0.25) is 5.95 Å².